The molecule has 2 saturated heterocycles. The number of H-pyrrole nitrogens is 2. The first-order valence-corrected chi connectivity index (χ1v) is 19.8. The molecule has 4 atom stereocenters. The smallest absolute Gasteiger partial charge is 0.183 e. The Morgan fingerprint density at radius 3 is 1.64 bits per heavy atom. The molecule has 0 bridgehead atoms. The minimum atomic E-state index is -0.599. The van der Waals surface area contributed by atoms with Crippen LogP contribution in [0.5, 0.6) is 0 Å². The van der Waals surface area contributed by atoms with Crippen LogP contribution in [0, 0.1) is 11.6 Å². The van der Waals surface area contributed by atoms with Gasteiger partial charge in [0.1, 0.15) is 11.3 Å². The lowest BCUT2D eigenvalue weighted by molar-refractivity contribution is -0.134. The molecule has 2 fully saturated rings. The van der Waals surface area contributed by atoms with E-state index >= 15 is 8.78 Å². The topological polar surface area (TPSA) is 175 Å². The van der Waals surface area contributed by atoms with E-state index in [9.17, 15) is 4.79 Å². The molecule has 2 aliphatic heterocycles. The van der Waals surface area contributed by atoms with E-state index in [1.165, 1.54) is 0 Å². The minimum Gasteiger partial charge on any atom is -0.383 e. The summed E-state index contributed by atoms with van der Waals surface area (Å²) in [7, 11) is 3.15. The zero-order valence-corrected chi connectivity index (χ0v) is 33.3. The number of Topliss-reactive ketones (excluding diaryl/α,β-unsaturated/α-hetero) is 1. The molecule has 2 unspecified atom stereocenters. The lowest BCUT2D eigenvalue weighted by Gasteiger charge is -2.42. The number of pyridine rings is 2. The Morgan fingerprint density at radius 2 is 1.21 bits per heavy atom. The summed E-state index contributed by atoms with van der Waals surface area (Å²) in [5.74, 6) is -0.465. The van der Waals surface area contributed by atoms with Crippen LogP contribution < -0.4 is 10.6 Å². The Kier molecular flexibility index (Phi) is 12.1. The van der Waals surface area contributed by atoms with E-state index in [1.54, 1.807) is 51.1 Å². The van der Waals surface area contributed by atoms with E-state index in [0.29, 0.717) is 70.3 Å². The summed E-state index contributed by atoms with van der Waals surface area (Å²) in [5.41, 5.74) is 2.51. The van der Waals surface area contributed by atoms with Crippen LogP contribution in [0.25, 0.3) is 44.8 Å². The van der Waals surface area contributed by atoms with Crippen molar-refractivity contribution in [3.05, 3.63) is 71.0 Å². The molecule has 0 amide bonds. The zero-order chi connectivity index (χ0) is 40.3. The van der Waals surface area contributed by atoms with Crippen molar-refractivity contribution in [1.82, 2.24) is 49.7 Å². The summed E-state index contributed by atoms with van der Waals surface area (Å²) in [6.07, 6.45) is 11.8. The number of methoxy groups -OCH3 is 2. The van der Waals surface area contributed by atoms with Gasteiger partial charge in [0.15, 0.2) is 40.7 Å². The van der Waals surface area contributed by atoms with Gasteiger partial charge in [0.05, 0.1) is 47.7 Å². The van der Waals surface area contributed by atoms with Crippen molar-refractivity contribution in [2.45, 2.75) is 49.9 Å². The molecule has 6 aromatic heterocycles. The molecular formula is C39H42Cl2F2N12O3. The van der Waals surface area contributed by atoms with Crippen LogP contribution in [0.3, 0.4) is 0 Å². The number of piperidine rings is 2. The Hall–Kier alpha value is -4.91. The number of hydrogen-bond donors (Lipinski definition) is 4. The van der Waals surface area contributed by atoms with Crippen LogP contribution in [0.1, 0.15) is 25.7 Å². The molecule has 0 spiro atoms. The van der Waals surface area contributed by atoms with Crippen molar-refractivity contribution < 1.29 is 23.0 Å². The first-order valence-electron chi connectivity index (χ1n) is 19.0. The van der Waals surface area contributed by atoms with E-state index in [2.05, 4.69) is 60.3 Å². The van der Waals surface area contributed by atoms with Crippen molar-refractivity contribution in [3.63, 3.8) is 0 Å². The number of aromatic amines is 2. The number of ketones is 1. The highest BCUT2D eigenvalue weighted by molar-refractivity contribution is 6.31. The van der Waals surface area contributed by atoms with Gasteiger partial charge >= 0.3 is 0 Å². The maximum absolute atomic E-state index is 15.2. The predicted octanol–water partition coefficient (Wildman–Crippen LogP) is 5.99. The monoisotopic (exact) mass is 834 g/mol. The lowest BCUT2D eigenvalue weighted by Crippen LogP contribution is -2.59. The molecular weight excluding hydrogens is 793 g/mol. The van der Waals surface area contributed by atoms with Crippen LogP contribution >= 0.6 is 23.2 Å². The number of fused-ring (bicyclic) bond motifs is 2. The SMILES string of the molecule is COC[C@@H](C(=O)[C@H](COC)N1CCCC(Nc2nc(-c3c[nH]c4ncc(Cl)cc34)ncc2F)C1)N1CCCC(Nc2nc(-c3c[nH]c4ncc(Cl)cc34)ncc2F)C1. The number of carbonyl (C=O) groups is 1. The number of anilines is 2. The van der Waals surface area contributed by atoms with Gasteiger partial charge in [-0.3, -0.25) is 14.6 Å². The number of rotatable bonds is 14. The van der Waals surface area contributed by atoms with Crippen molar-refractivity contribution in [3.8, 4) is 22.8 Å². The van der Waals surface area contributed by atoms with E-state index in [-0.39, 0.29) is 42.7 Å². The zero-order valence-electron chi connectivity index (χ0n) is 31.8. The van der Waals surface area contributed by atoms with Crippen LogP contribution in [0.2, 0.25) is 10.0 Å². The fourth-order valence-electron chi connectivity index (χ4n) is 8.00. The number of ether oxygens (including phenoxy) is 2. The maximum atomic E-state index is 15.2. The average molecular weight is 836 g/mol. The maximum Gasteiger partial charge on any atom is 0.183 e. The first-order chi connectivity index (χ1) is 28.2. The number of aromatic nitrogens is 8. The van der Waals surface area contributed by atoms with Gasteiger partial charge < -0.3 is 30.1 Å². The van der Waals surface area contributed by atoms with Gasteiger partial charge in [-0.15, -0.1) is 0 Å². The Bertz CT molecular complexity index is 2250. The Balaban J connectivity index is 0.960. The molecule has 0 radical (unpaired) electrons. The standard InChI is InChI=1S/C39H42Cl2F2N12O3/c1-57-19-31(54-7-3-5-23(17-54)50-38-29(42)15-48-36(52-38)27-13-46-34-25(27)9-21(40)11-44-34)33(56)32(20-58-2)55-8-4-6-24(18-55)51-39-30(43)16-49-37(53-39)28-14-47-35-26(28)10-22(41)12-45-35/h9-16,23-24,31-32H,3-8,17-20H2,1-2H3,(H,44,46)(H,45,47)(H,48,50,52)(H,49,51,53)/t23?,24?,31-,32-/m0/s1. The Labute approximate surface area is 342 Å². The quantitative estimate of drug-likeness (QED) is 0.101. The van der Waals surface area contributed by atoms with Crippen molar-refractivity contribution >= 4 is 62.7 Å². The van der Waals surface area contributed by atoms with Gasteiger partial charge in [-0.2, -0.15) is 0 Å². The van der Waals surface area contributed by atoms with E-state index in [1.807, 2.05) is 0 Å². The number of halogens is 4. The van der Waals surface area contributed by atoms with Gasteiger partial charge in [0.25, 0.3) is 0 Å². The van der Waals surface area contributed by atoms with Gasteiger partial charge in [0, 0.05) is 86.1 Å². The number of hydrogen-bond acceptors (Lipinski definition) is 13. The number of likely N-dealkylation sites (tertiary alicyclic amines) is 2. The van der Waals surface area contributed by atoms with E-state index in [0.717, 1.165) is 48.8 Å². The molecule has 2 aliphatic rings. The molecule has 0 aliphatic carbocycles. The summed E-state index contributed by atoms with van der Waals surface area (Å²) < 4.78 is 41.7. The summed E-state index contributed by atoms with van der Waals surface area (Å²) in [6.45, 7) is 2.51. The van der Waals surface area contributed by atoms with Crippen LogP contribution in [-0.2, 0) is 14.3 Å². The molecule has 19 heteroatoms. The third kappa shape index (κ3) is 8.46. The number of carbonyl (C=O) groups excluding carboxylic acids is 1. The van der Waals surface area contributed by atoms with Crippen LogP contribution in [-0.4, -0.2) is 133 Å². The molecule has 8 rings (SSSR count). The second-order valence-electron chi connectivity index (χ2n) is 14.6. The molecule has 4 N–H and O–H groups in total. The molecule has 0 aromatic carbocycles. The highest BCUT2D eigenvalue weighted by Crippen LogP contribution is 2.31. The predicted molar refractivity (Wildman–Crippen MR) is 217 cm³/mol. The molecule has 0 saturated carbocycles. The van der Waals surface area contributed by atoms with Gasteiger partial charge in [-0.05, 0) is 50.9 Å². The van der Waals surface area contributed by atoms with Gasteiger partial charge in [0.2, 0.25) is 0 Å². The largest absolute Gasteiger partial charge is 0.383 e. The molecule has 6 aromatic rings. The van der Waals surface area contributed by atoms with Crippen LogP contribution in [0.4, 0.5) is 20.4 Å². The third-order valence-electron chi connectivity index (χ3n) is 10.7. The summed E-state index contributed by atoms with van der Waals surface area (Å²) >= 11 is 12.4. The fraction of sp³-hybridized carbons (Fsp3) is 0.410. The van der Waals surface area contributed by atoms with Crippen molar-refractivity contribution in [2.75, 3.05) is 64.2 Å². The first kappa shape index (κ1) is 39.9. The Morgan fingerprint density at radius 1 is 0.759 bits per heavy atom. The molecule has 8 heterocycles. The van der Waals surface area contributed by atoms with Crippen molar-refractivity contribution in [1.29, 1.82) is 0 Å². The highest BCUT2D eigenvalue weighted by atomic mass is 35.5. The van der Waals surface area contributed by atoms with Gasteiger partial charge in [-0.25, -0.2) is 38.7 Å². The number of nitrogens with zero attached hydrogens (tertiary/aromatic N) is 8. The fourth-order valence-corrected chi connectivity index (χ4v) is 8.31. The van der Waals surface area contributed by atoms with E-state index < -0.39 is 23.7 Å². The van der Waals surface area contributed by atoms with E-state index in [4.69, 9.17) is 32.7 Å². The minimum absolute atomic E-state index is 0.0470. The average Bonchev–Trinajstić information content (AvgIpc) is 3.84. The second-order valence-corrected chi connectivity index (χ2v) is 15.5. The summed E-state index contributed by atoms with van der Waals surface area (Å²) in [5, 5.41) is 8.93. The normalized spacial score (nSPS) is 19.1. The third-order valence-corrected chi connectivity index (χ3v) is 11.2. The van der Waals surface area contributed by atoms with Crippen LogP contribution in [0.15, 0.2) is 49.3 Å². The van der Waals surface area contributed by atoms with Crippen molar-refractivity contribution in [2.24, 2.45) is 0 Å². The molecule has 15 nitrogen and oxygen atoms in total. The highest BCUT2D eigenvalue weighted by Gasteiger charge is 2.39. The summed E-state index contributed by atoms with van der Waals surface area (Å²) in [6, 6.07) is 1.89. The lowest BCUT2D eigenvalue weighted by atomic mass is 9.96. The molecule has 58 heavy (non-hydrogen) atoms. The second kappa shape index (κ2) is 17.5. The number of nitrogens with one attached hydrogen (secondary N) is 4. The summed E-state index contributed by atoms with van der Waals surface area (Å²) in [4.78, 5) is 51.1. The molecule has 304 valence electrons. The van der Waals surface area contributed by atoms with Gasteiger partial charge in [-0.1, -0.05) is 23.2 Å².